The first-order chi connectivity index (χ1) is 7.99. The summed E-state index contributed by atoms with van der Waals surface area (Å²) in [6, 6.07) is 2.45. The maximum atomic E-state index is 13.1. The van der Waals surface area contributed by atoms with Crippen molar-refractivity contribution in [1.29, 1.82) is 0 Å². The topological polar surface area (TPSA) is 78.3 Å². The molecule has 0 bridgehead atoms. The maximum Gasteiger partial charge on any atom is 0.217 e. The SMILES string of the molecule is NC(=O)CC[C@H](N)COc1cc(F)ccc1F. The second kappa shape index (κ2) is 6.15. The molecule has 0 saturated heterocycles. The Hall–Kier alpha value is -1.69. The minimum atomic E-state index is -0.659. The number of hydrogen-bond donors (Lipinski definition) is 2. The van der Waals surface area contributed by atoms with Gasteiger partial charge in [-0.3, -0.25) is 4.79 Å². The summed E-state index contributed by atoms with van der Waals surface area (Å²) in [5.41, 5.74) is 10.6. The molecular formula is C11H14F2N2O2. The summed E-state index contributed by atoms with van der Waals surface area (Å²) in [7, 11) is 0. The first kappa shape index (κ1) is 13.4. The lowest BCUT2D eigenvalue weighted by molar-refractivity contribution is -0.118. The quantitative estimate of drug-likeness (QED) is 0.781. The van der Waals surface area contributed by atoms with Crippen LogP contribution < -0.4 is 16.2 Å². The Balaban J connectivity index is 2.44. The smallest absolute Gasteiger partial charge is 0.217 e. The van der Waals surface area contributed by atoms with Crippen LogP contribution in [0, 0.1) is 11.6 Å². The van der Waals surface area contributed by atoms with Crippen molar-refractivity contribution in [3.05, 3.63) is 29.8 Å². The van der Waals surface area contributed by atoms with Crippen molar-refractivity contribution in [2.75, 3.05) is 6.61 Å². The molecule has 0 fully saturated rings. The normalized spacial score (nSPS) is 12.2. The van der Waals surface area contributed by atoms with Gasteiger partial charge in [-0.15, -0.1) is 0 Å². The highest BCUT2D eigenvalue weighted by molar-refractivity contribution is 5.73. The molecule has 6 heteroatoms. The number of rotatable bonds is 6. The number of benzene rings is 1. The Bertz CT molecular complexity index is 399. The van der Waals surface area contributed by atoms with Gasteiger partial charge in [-0.1, -0.05) is 0 Å². The monoisotopic (exact) mass is 244 g/mol. The van der Waals surface area contributed by atoms with E-state index in [4.69, 9.17) is 16.2 Å². The van der Waals surface area contributed by atoms with Crippen molar-refractivity contribution in [2.45, 2.75) is 18.9 Å². The zero-order valence-electron chi connectivity index (χ0n) is 9.16. The fraction of sp³-hybridized carbons (Fsp3) is 0.364. The molecule has 0 spiro atoms. The van der Waals surface area contributed by atoms with E-state index in [1.54, 1.807) is 0 Å². The Kier molecular flexibility index (Phi) is 4.84. The molecule has 0 radical (unpaired) electrons. The van der Waals surface area contributed by atoms with Crippen LogP contribution in [0.25, 0.3) is 0 Å². The van der Waals surface area contributed by atoms with Gasteiger partial charge in [-0.25, -0.2) is 8.78 Å². The average molecular weight is 244 g/mol. The lowest BCUT2D eigenvalue weighted by atomic mass is 10.2. The van der Waals surface area contributed by atoms with Gasteiger partial charge in [0.1, 0.15) is 12.4 Å². The van der Waals surface area contributed by atoms with Gasteiger partial charge in [-0.05, 0) is 18.6 Å². The zero-order valence-corrected chi connectivity index (χ0v) is 9.16. The summed E-state index contributed by atoms with van der Waals surface area (Å²) >= 11 is 0. The molecule has 0 aliphatic carbocycles. The number of amides is 1. The molecule has 94 valence electrons. The van der Waals surface area contributed by atoms with Crippen molar-refractivity contribution >= 4 is 5.91 Å². The van der Waals surface area contributed by atoms with E-state index >= 15 is 0 Å². The van der Waals surface area contributed by atoms with E-state index in [1.165, 1.54) is 0 Å². The van der Waals surface area contributed by atoms with Crippen LogP contribution in [-0.2, 0) is 4.79 Å². The number of ether oxygens (including phenoxy) is 1. The summed E-state index contributed by atoms with van der Waals surface area (Å²) in [5, 5.41) is 0. The van der Waals surface area contributed by atoms with E-state index in [2.05, 4.69) is 0 Å². The highest BCUT2D eigenvalue weighted by atomic mass is 19.1. The summed E-state index contributed by atoms with van der Waals surface area (Å²) in [5.74, 6) is -1.91. The number of halogens is 2. The molecule has 1 rings (SSSR count). The molecule has 17 heavy (non-hydrogen) atoms. The summed E-state index contributed by atoms with van der Waals surface area (Å²) in [6.45, 7) is -0.00630. The van der Waals surface area contributed by atoms with Crippen LogP contribution in [0.2, 0.25) is 0 Å². The third kappa shape index (κ3) is 4.78. The number of hydrogen-bond acceptors (Lipinski definition) is 3. The predicted octanol–water partition coefficient (Wildman–Crippen LogP) is 0.936. The van der Waals surface area contributed by atoms with Crippen molar-refractivity contribution in [1.82, 2.24) is 0 Å². The van der Waals surface area contributed by atoms with E-state index in [9.17, 15) is 13.6 Å². The van der Waals surface area contributed by atoms with Gasteiger partial charge in [0.05, 0.1) is 0 Å². The molecule has 4 nitrogen and oxygen atoms in total. The van der Waals surface area contributed by atoms with E-state index in [0.717, 1.165) is 18.2 Å². The molecule has 0 aliphatic heterocycles. The average Bonchev–Trinajstić information content (AvgIpc) is 2.27. The van der Waals surface area contributed by atoms with E-state index in [1.807, 2.05) is 0 Å². The molecule has 0 saturated carbocycles. The molecule has 4 N–H and O–H groups in total. The third-order valence-corrected chi connectivity index (χ3v) is 2.11. The van der Waals surface area contributed by atoms with E-state index in [0.29, 0.717) is 6.42 Å². The van der Waals surface area contributed by atoms with Crippen LogP contribution in [0.5, 0.6) is 5.75 Å². The maximum absolute atomic E-state index is 13.1. The molecular weight excluding hydrogens is 230 g/mol. The molecule has 1 aromatic carbocycles. The molecule has 1 amide bonds. The van der Waals surface area contributed by atoms with Crippen LogP contribution in [-0.4, -0.2) is 18.6 Å². The van der Waals surface area contributed by atoms with Crippen molar-refractivity contribution in [2.24, 2.45) is 11.5 Å². The van der Waals surface area contributed by atoms with E-state index in [-0.39, 0.29) is 18.8 Å². The fourth-order valence-corrected chi connectivity index (χ4v) is 1.20. The van der Waals surface area contributed by atoms with Gasteiger partial charge in [0.15, 0.2) is 11.6 Å². The first-order valence-electron chi connectivity index (χ1n) is 5.10. The van der Waals surface area contributed by atoms with Crippen LogP contribution >= 0.6 is 0 Å². The van der Waals surface area contributed by atoms with Gasteiger partial charge in [0, 0.05) is 18.5 Å². The van der Waals surface area contributed by atoms with Gasteiger partial charge >= 0.3 is 0 Å². The molecule has 1 atom stereocenters. The molecule has 0 aliphatic rings. The van der Waals surface area contributed by atoms with Crippen molar-refractivity contribution in [3.63, 3.8) is 0 Å². The van der Waals surface area contributed by atoms with Crippen LogP contribution in [0.1, 0.15) is 12.8 Å². The van der Waals surface area contributed by atoms with Crippen LogP contribution in [0.15, 0.2) is 18.2 Å². The summed E-state index contributed by atoms with van der Waals surface area (Å²) in [4.78, 5) is 10.5. The zero-order chi connectivity index (χ0) is 12.8. The highest BCUT2D eigenvalue weighted by Gasteiger charge is 2.09. The van der Waals surface area contributed by atoms with Crippen molar-refractivity contribution < 1.29 is 18.3 Å². The standard InChI is InChI=1S/C11H14F2N2O2/c12-7-1-3-9(13)10(5-7)17-6-8(14)2-4-11(15)16/h1,3,5,8H,2,4,6,14H2,(H2,15,16)/t8-/m0/s1. The molecule has 0 aromatic heterocycles. The molecule has 0 unspecified atom stereocenters. The molecule has 1 aromatic rings. The largest absolute Gasteiger partial charge is 0.489 e. The Labute approximate surface area is 97.5 Å². The van der Waals surface area contributed by atoms with Gasteiger partial charge in [-0.2, -0.15) is 0 Å². The number of nitrogens with two attached hydrogens (primary N) is 2. The first-order valence-corrected chi connectivity index (χ1v) is 5.10. The number of carbonyl (C=O) groups excluding carboxylic acids is 1. The summed E-state index contributed by atoms with van der Waals surface area (Å²) < 4.78 is 30.9. The number of carbonyl (C=O) groups is 1. The van der Waals surface area contributed by atoms with Crippen LogP contribution in [0.3, 0.4) is 0 Å². The van der Waals surface area contributed by atoms with Gasteiger partial charge < -0.3 is 16.2 Å². The van der Waals surface area contributed by atoms with Crippen molar-refractivity contribution in [3.8, 4) is 5.75 Å². The predicted molar refractivity (Wildman–Crippen MR) is 58.3 cm³/mol. The minimum absolute atomic E-state index is 0.00630. The van der Waals surface area contributed by atoms with Gasteiger partial charge in [0.25, 0.3) is 0 Å². The van der Waals surface area contributed by atoms with Gasteiger partial charge in [0.2, 0.25) is 5.91 Å². The third-order valence-electron chi connectivity index (χ3n) is 2.11. The van der Waals surface area contributed by atoms with Crippen LogP contribution in [0.4, 0.5) is 8.78 Å². The Morgan fingerprint density at radius 3 is 2.76 bits per heavy atom. The lowest BCUT2D eigenvalue weighted by Gasteiger charge is -2.12. The Morgan fingerprint density at radius 1 is 1.41 bits per heavy atom. The Morgan fingerprint density at radius 2 is 2.12 bits per heavy atom. The second-order valence-corrected chi connectivity index (χ2v) is 3.65. The summed E-state index contributed by atoms with van der Waals surface area (Å²) in [6.07, 6.45) is 0.475. The number of primary amides is 1. The molecule has 0 heterocycles. The lowest BCUT2D eigenvalue weighted by Crippen LogP contribution is -2.29. The highest BCUT2D eigenvalue weighted by Crippen LogP contribution is 2.18. The fourth-order valence-electron chi connectivity index (χ4n) is 1.20. The second-order valence-electron chi connectivity index (χ2n) is 3.65. The van der Waals surface area contributed by atoms with E-state index < -0.39 is 23.6 Å². The minimum Gasteiger partial charge on any atom is -0.489 e.